The van der Waals surface area contributed by atoms with Crippen LogP contribution in [0.5, 0.6) is 0 Å². The molecule has 0 spiro atoms. The summed E-state index contributed by atoms with van der Waals surface area (Å²) in [5.41, 5.74) is 0. The van der Waals surface area contributed by atoms with E-state index in [9.17, 15) is 9.90 Å². The molecule has 0 saturated heterocycles. The van der Waals surface area contributed by atoms with Gasteiger partial charge in [0.15, 0.2) is 0 Å². The summed E-state index contributed by atoms with van der Waals surface area (Å²) in [7, 11) is 1.34. The quantitative estimate of drug-likeness (QED) is 0.388. The number of carbonyl (C=O) groups excluding carboxylic acids is 1. The van der Waals surface area contributed by atoms with Gasteiger partial charge in [-0.1, -0.05) is 6.08 Å². The van der Waals surface area contributed by atoms with E-state index in [0.717, 1.165) is 12.8 Å². The average Bonchev–Trinajstić information content (AvgIpc) is 2.11. The molecule has 0 bridgehead atoms. The molecule has 0 aliphatic rings. The van der Waals surface area contributed by atoms with Gasteiger partial charge in [-0.3, -0.25) is 4.79 Å². The molecule has 0 aromatic heterocycles. The Morgan fingerprint density at radius 1 is 1.69 bits per heavy atom. The molecule has 2 unspecified atom stereocenters. The van der Waals surface area contributed by atoms with Crippen LogP contribution in [0, 0.1) is 5.92 Å². The number of hydrogen-bond acceptors (Lipinski definition) is 3. The topological polar surface area (TPSA) is 46.5 Å². The molecule has 0 rings (SSSR count). The Morgan fingerprint density at radius 3 is 2.69 bits per heavy atom. The summed E-state index contributed by atoms with van der Waals surface area (Å²) in [5, 5.41) is 9.29. The highest BCUT2D eigenvalue weighted by molar-refractivity contribution is 5.72. The molecule has 3 nitrogen and oxygen atoms in total. The first-order chi connectivity index (χ1) is 6.13. The van der Waals surface area contributed by atoms with Crippen LogP contribution in [0.1, 0.15) is 26.2 Å². The van der Waals surface area contributed by atoms with E-state index in [1.807, 2.05) is 0 Å². The molecule has 1 N–H and O–H groups in total. The monoisotopic (exact) mass is 186 g/mol. The maximum Gasteiger partial charge on any atom is 0.311 e. The molecule has 0 fully saturated rings. The summed E-state index contributed by atoms with van der Waals surface area (Å²) in [5.74, 6) is -0.732. The Hall–Kier alpha value is -0.830. The molecule has 0 heterocycles. The number of methoxy groups -OCH3 is 1. The Balaban J connectivity index is 3.94. The molecule has 76 valence electrons. The second-order valence-corrected chi connectivity index (χ2v) is 3.09. The Morgan fingerprint density at radius 2 is 2.31 bits per heavy atom. The van der Waals surface area contributed by atoms with E-state index in [-0.39, 0.29) is 5.97 Å². The number of unbranched alkanes of at least 4 members (excludes halogenated alkanes) is 1. The third-order valence-corrected chi connectivity index (χ3v) is 2.01. The van der Waals surface area contributed by atoms with Gasteiger partial charge < -0.3 is 9.84 Å². The number of rotatable bonds is 6. The predicted octanol–water partition coefficient (Wildman–Crippen LogP) is 1.51. The summed E-state index contributed by atoms with van der Waals surface area (Å²) in [4.78, 5) is 11.1. The number of esters is 1. The van der Waals surface area contributed by atoms with Crippen molar-refractivity contribution in [3.63, 3.8) is 0 Å². The average molecular weight is 186 g/mol. The molecule has 0 aromatic rings. The standard InChI is InChI=1S/C10H18O3/c1-4-5-6-7-9(8(2)11)10(12)13-3/h4,8-9,11H,1,5-7H2,2-3H3. The van der Waals surface area contributed by atoms with Crippen LogP contribution in [0.4, 0.5) is 0 Å². The molecule has 13 heavy (non-hydrogen) atoms. The van der Waals surface area contributed by atoms with Crippen molar-refractivity contribution in [3.05, 3.63) is 12.7 Å². The Labute approximate surface area is 79.4 Å². The van der Waals surface area contributed by atoms with Gasteiger partial charge in [0.1, 0.15) is 0 Å². The van der Waals surface area contributed by atoms with E-state index in [2.05, 4.69) is 11.3 Å². The first-order valence-electron chi connectivity index (χ1n) is 4.50. The lowest BCUT2D eigenvalue weighted by Gasteiger charge is -2.16. The summed E-state index contributed by atoms with van der Waals surface area (Å²) in [6, 6.07) is 0. The van der Waals surface area contributed by atoms with Crippen LogP contribution < -0.4 is 0 Å². The highest BCUT2D eigenvalue weighted by Crippen LogP contribution is 2.14. The number of allylic oxidation sites excluding steroid dienone is 1. The smallest absolute Gasteiger partial charge is 0.311 e. The molecular weight excluding hydrogens is 168 g/mol. The largest absolute Gasteiger partial charge is 0.469 e. The minimum atomic E-state index is -0.641. The van der Waals surface area contributed by atoms with Crippen molar-refractivity contribution in [3.8, 4) is 0 Å². The van der Waals surface area contributed by atoms with Gasteiger partial charge in [-0.2, -0.15) is 0 Å². The van der Waals surface area contributed by atoms with E-state index in [1.165, 1.54) is 7.11 Å². The zero-order chi connectivity index (χ0) is 10.3. The van der Waals surface area contributed by atoms with Crippen molar-refractivity contribution in [1.82, 2.24) is 0 Å². The van der Waals surface area contributed by atoms with Crippen molar-refractivity contribution in [2.45, 2.75) is 32.3 Å². The van der Waals surface area contributed by atoms with Crippen LogP contribution in [0.3, 0.4) is 0 Å². The van der Waals surface area contributed by atoms with Gasteiger partial charge in [0.25, 0.3) is 0 Å². The molecule has 0 aromatic carbocycles. The minimum Gasteiger partial charge on any atom is -0.469 e. The molecule has 0 radical (unpaired) electrons. The van der Waals surface area contributed by atoms with E-state index in [1.54, 1.807) is 13.0 Å². The molecule has 2 atom stereocenters. The van der Waals surface area contributed by atoms with Crippen molar-refractivity contribution >= 4 is 5.97 Å². The van der Waals surface area contributed by atoms with Crippen LogP contribution in [0.25, 0.3) is 0 Å². The zero-order valence-electron chi connectivity index (χ0n) is 8.32. The van der Waals surface area contributed by atoms with Crippen LogP contribution in [0.15, 0.2) is 12.7 Å². The third kappa shape index (κ3) is 4.68. The number of aliphatic hydroxyl groups is 1. The predicted molar refractivity (Wildman–Crippen MR) is 51.2 cm³/mol. The molecule has 3 heteroatoms. The molecule has 0 saturated carbocycles. The van der Waals surface area contributed by atoms with Crippen molar-refractivity contribution < 1.29 is 14.6 Å². The fraction of sp³-hybridized carbons (Fsp3) is 0.700. The van der Waals surface area contributed by atoms with Crippen molar-refractivity contribution in [2.75, 3.05) is 7.11 Å². The molecule has 0 aliphatic heterocycles. The molecular formula is C10H18O3. The lowest BCUT2D eigenvalue weighted by Crippen LogP contribution is -2.26. The second-order valence-electron chi connectivity index (χ2n) is 3.09. The summed E-state index contributed by atoms with van der Waals surface area (Å²) >= 11 is 0. The Kier molecular flexibility index (Phi) is 6.24. The number of hydrogen-bond donors (Lipinski definition) is 1. The summed E-state index contributed by atoms with van der Waals surface area (Å²) < 4.78 is 4.58. The maximum atomic E-state index is 11.1. The lowest BCUT2D eigenvalue weighted by molar-refractivity contribution is -0.149. The lowest BCUT2D eigenvalue weighted by atomic mass is 9.97. The highest BCUT2D eigenvalue weighted by Gasteiger charge is 2.23. The summed E-state index contributed by atoms with van der Waals surface area (Å²) in [6.07, 6.45) is 3.53. The van der Waals surface area contributed by atoms with E-state index in [4.69, 9.17) is 0 Å². The fourth-order valence-corrected chi connectivity index (χ4v) is 1.19. The molecule has 0 amide bonds. The van der Waals surface area contributed by atoms with Gasteiger partial charge in [0, 0.05) is 0 Å². The van der Waals surface area contributed by atoms with Crippen LogP contribution >= 0.6 is 0 Å². The first kappa shape index (κ1) is 12.2. The maximum absolute atomic E-state index is 11.1. The zero-order valence-corrected chi connectivity index (χ0v) is 8.32. The first-order valence-corrected chi connectivity index (χ1v) is 4.50. The number of carbonyl (C=O) groups is 1. The normalized spacial score (nSPS) is 14.7. The van der Waals surface area contributed by atoms with Crippen molar-refractivity contribution in [1.29, 1.82) is 0 Å². The van der Waals surface area contributed by atoms with Crippen molar-refractivity contribution in [2.24, 2.45) is 5.92 Å². The SMILES string of the molecule is C=CCCCC(C(=O)OC)C(C)O. The van der Waals surface area contributed by atoms with E-state index < -0.39 is 12.0 Å². The fourth-order valence-electron chi connectivity index (χ4n) is 1.19. The van der Waals surface area contributed by atoms with Crippen LogP contribution in [0.2, 0.25) is 0 Å². The molecule has 0 aliphatic carbocycles. The van der Waals surface area contributed by atoms with Gasteiger partial charge in [-0.15, -0.1) is 6.58 Å². The second kappa shape index (κ2) is 6.66. The van der Waals surface area contributed by atoms with Gasteiger partial charge >= 0.3 is 5.97 Å². The van der Waals surface area contributed by atoms with Crippen LogP contribution in [-0.4, -0.2) is 24.3 Å². The summed E-state index contributed by atoms with van der Waals surface area (Å²) in [6.45, 7) is 5.20. The van der Waals surface area contributed by atoms with Gasteiger partial charge in [0.05, 0.1) is 19.1 Å². The Bertz CT molecular complexity index is 164. The van der Waals surface area contributed by atoms with E-state index >= 15 is 0 Å². The minimum absolute atomic E-state index is 0.334. The van der Waals surface area contributed by atoms with Crippen LogP contribution in [-0.2, 0) is 9.53 Å². The number of aliphatic hydroxyl groups excluding tert-OH is 1. The van der Waals surface area contributed by atoms with Gasteiger partial charge in [-0.05, 0) is 26.2 Å². The van der Waals surface area contributed by atoms with E-state index in [0.29, 0.717) is 6.42 Å². The van der Waals surface area contributed by atoms with Gasteiger partial charge in [-0.25, -0.2) is 0 Å². The highest BCUT2D eigenvalue weighted by atomic mass is 16.5. The van der Waals surface area contributed by atoms with Gasteiger partial charge in [0.2, 0.25) is 0 Å². The number of ether oxygens (including phenoxy) is 1. The third-order valence-electron chi connectivity index (χ3n) is 2.01.